The van der Waals surface area contributed by atoms with E-state index in [1.54, 1.807) is 6.07 Å². The van der Waals surface area contributed by atoms with Gasteiger partial charge in [-0.2, -0.15) is 0 Å². The minimum Gasteiger partial charge on any atom is -0.371 e. The number of nitriles is 1. The molecular weight excluding hydrogens is 232 g/mol. The molecule has 0 bridgehead atoms. The number of benzene rings is 1. The number of carbonyl (C=O) groups is 1. The molecule has 1 amide bonds. The molecule has 2 rings (SSSR count). The van der Waals surface area contributed by atoms with Gasteiger partial charge in [0.15, 0.2) is 0 Å². The first-order valence-corrected chi connectivity index (χ1v) is 5.89. The molecule has 0 spiro atoms. The lowest BCUT2D eigenvalue weighted by atomic mass is 9.45. The van der Waals surface area contributed by atoms with E-state index in [2.05, 4.69) is 16.2 Å². The van der Waals surface area contributed by atoms with Gasteiger partial charge in [0, 0.05) is 19.1 Å². The number of amides is 1. The van der Waals surface area contributed by atoms with Crippen molar-refractivity contribution in [1.82, 2.24) is 0 Å². The van der Waals surface area contributed by atoms with Gasteiger partial charge >= 0.3 is 0 Å². The maximum Gasteiger partial charge on any atom is 0.271 e. The van der Waals surface area contributed by atoms with Gasteiger partial charge in [0.1, 0.15) is 5.82 Å². The Hall–Kier alpha value is -2.03. The Morgan fingerprint density at radius 2 is 2.17 bits per heavy atom. The molecule has 1 fully saturated rings. The predicted molar refractivity (Wildman–Crippen MR) is 69.3 cm³/mol. The van der Waals surface area contributed by atoms with Crippen molar-refractivity contribution in [2.45, 2.75) is 12.6 Å². The molecule has 6 heteroatoms. The highest BCUT2D eigenvalue weighted by molar-refractivity contribution is 6.67. The van der Waals surface area contributed by atoms with Crippen molar-refractivity contribution in [3.05, 3.63) is 24.0 Å². The molecule has 18 heavy (non-hydrogen) atoms. The van der Waals surface area contributed by atoms with Gasteiger partial charge in [-0.3, -0.25) is 4.79 Å². The molecular formula is C12H13BFN3O. The van der Waals surface area contributed by atoms with E-state index in [9.17, 15) is 9.18 Å². The first-order chi connectivity index (χ1) is 8.74. The smallest absolute Gasteiger partial charge is 0.271 e. The molecule has 1 aromatic rings. The molecule has 0 aliphatic carbocycles. The third-order valence-corrected chi connectivity index (χ3v) is 3.19. The highest BCUT2D eigenvalue weighted by Crippen LogP contribution is 2.29. The summed E-state index contributed by atoms with van der Waals surface area (Å²) < 4.78 is 13.1. The summed E-state index contributed by atoms with van der Waals surface area (Å²) in [6, 6.07) is 4.34. The summed E-state index contributed by atoms with van der Waals surface area (Å²) in [5.74, 6) is 1.89. The molecule has 0 saturated carbocycles. The summed E-state index contributed by atoms with van der Waals surface area (Å²) in [5.41, 5.74) is 1.28. The van der Waals surface area contributed by atoms with Crippen molar-refractivity contribution in [2.24, 2.45) is 0 Å². The maximum absolute atomic E-state index is 13.1. The average molecular weight is 245 g/mol. The number of nitrogens with one attached hydrogen (secondary N) is 1. The Labute approximate surface area is 105 Å². The lowest BCUT2D eigenvalue weighted by molar-refractivity contribution is -0.105. The molecule has 92 valence electrons. The first kappa shape index (κ1) is 12.4. The van der Waals surface area contributed by atoms with Crippen molar-refractivity contribution in [3.8, 4) is 5.97 Å². The van der Waals surface area contributed by atoms with Crippen molar-refractivity contribution < 1.29 is 9.18 Å². The Kier molecular flexibility index (Phi) is 3.83. The minimum absolute atomic E-state index is 0.101. The Bertz CT molecular complexity index is 481. The van der Waals surface area contributed by atoms with Gasteiger partial charge in [0.05, 0.1) is 11.4 Å². The van der Waals surface area contributed by atoms with E-state index >= 15 is 0 Å². The molecule has 0 unspecified atom stereocenters. The van der Waals surface area contributed by atoms with Crippen LogP contribution in [0, 0.1) is 17.0 Å². The van der Waals surface area contributed by atoms with Crippen molar-refractivity contribution in [3.63, 3.8) is 0 Å². The standard InChI is InChI=1S/C12H13BFN3O/c14-10-1-2-12(11(7-10)16-9-18)17-5-3-13(8-15)4-6-17/h1-2,7,9H,3-6H2,(H,16,18). The van der Waals surface area contributed by atoms with Gasteiger partial charge in [-0.15, -0.1) is 0 Å². The summed E-state index contributed by atoms with van der Waals surface area (Å²) in [5, 5.41) is 11.4. The summed E-state index contributed by atoms with van der Waals surface area (Å²) in [7, 11) is 0. The predicted octanol–water partition coefficient (Wildman–Crippen LogP) is 1.77. The van der Waals surface area contributed by atoms with Crippen LogP contribution in [0.4, 0.5) is 15.8 Å². The van der Waals surface area contributed by atoms with Crippen molar-refractivity contribution >= 4 is 24.5 Å². The van der Waals surface area contributed by atoms with Crippen LogP contribution in [0.2, 0.25) is 12.6 Å². The second kappa shape index (κ2) is 5.54. The van der Waals surface area contributed by atoms with Gasteiger partial charge in [0.25, 0.3) is 6.71 Å². The van der Waals surface area contributed by atoms with Gasteiger partial charge in [-0.1, -0.05) is 0 Å². The molecule has 1 aromatic carbocycles. The van der Waals surface area contributed by atoms with E-state index in [0.717, 1.165) is 31.4 Å². The molecule has 4 nitrogen and oxygen atoms in total. The zero-order valence-electron chi connectivity index (χ0n) is 9.90. The van der Waals surface area contributed by atoms with Crippen LogP contribution in [-0.4, -0.2) is 26.2 Å². The van der Waals surface area contributed by atoms with Crippen LogP contribution in [0.3, 0.4) is 0 Å². The van der Waals surface area contributed by atoms with Crippen LogP contribution in [0.1, 0.15) is 0 Å². The van der Waals surface area contributed by atoms with E-state index in [4.69, 9.17) is 5.26 Å². The van der Waals surface area contributed by atoms with Gasteiger partial charge in [0.2, 0.25) is 6.41 Å². The Balaban J connectivity index is 2.18. The molecule has 1 heterocycles. The van der Waals surface area contributed by atoms with Gasteiger partial charge in [-0.05, 0) is 30.8 Å². The zero-order valence-corrected chi connectivity index (χ0v) is 9.90. The fourth-order valence-electron chi connectivity index (χ4n) is 2.21. The number of hydrogen-bond acceptors (Lipinski definition) is 3. The second-order valence-corrected chi connectivity index (χ2v) is 4.31. The molecule has 0 radical (unpaired) electrons. The SMILES string of the molecule is N#CB1CCN(c2ccc(F)cc2NC=O)CC1. The zero-order chi connectivity index (χ0) is 13.0. The molecule has 0 atom stereocenters. The number of rotatable bonds is 3. The van der Waals surface area contributed by atoms with Crippen LogP contribution in [0.5, 0.6) is 0 Å². The molecule has 1 aliphatic rings. The Morgan fingerprint density at radius 1 is 1.44 bits per heavy atom. The summed E-state index contributed by atoms with van der Waals surface area (Å²) in [6.07, 6.45) is 2.14. The Morgan fingerprint density at radius 3 is 2.78 bits per heavy atom. The summed E-state index contributed by atoms with van der Waals surface area (Å²) >= 11 is 0. The number of halogens is 1. The van der Waals surface area contributed by atoms with Crippen LogP contribution in [-0.2, 0) is 4.79 Å². The van der Waals surface area contributed by atoms with E-state index < -0.39 is 0 Å². The third kappa shape index (κ3) is 2.62. The van der Waals surface area contributed by atoms with Crippen LogP contribution >= 0.6 is 0 Å². The van der Waals surface area contributed by atoms with Gasteiger partial charge < -0.3 is 10.2 Å². The fraction of sp³-hybridized carbons (Fsp3) is 0.333. The molecule has 1 aliphatic heterocycles. The van der Waals surface area contributed by atoms with E-state index in [0.29, 0.717) is 12.1 Å². The monoisotopic (exact) mass is 245 g/mol. The van der Waals surface area contributed by atoms with E-state index in [1.807, 2.05) is 0 Å². The fourth-order valence-corrected chi connectivity index (χ4v) is 2.21. The van der Waals surface area contributed by atoms with Crippen molar-refractivity contribution in [1.29, 1.82) is 5.26 Å². The van der Waals surface area contributed by atoms with Crippen molar-refractivity contribution in [2.75, 3.05) is 23.3 Å². The third-order valence-electron chi connectivity index (χ3n) is 3.19. The van der Waals surface area contributed by atoms with Crippen LogP contribution < -0.4 is 10.2 Å². The molecule has 1 N–H and O–H groups in total. The lowest BCUT2D eigenvalue weighted by Crippen LogP contribution is -2.36. The quantitative estimate of drug-likeness (QED) is 0.652. The van der Waals surface area contributed by atoms with E-state index in [-0.39, 0.29) is 12.5 Å². The highest BCUT2D eigenvalue weighted by Gasteiger charge is 2.23. The summed E-state index contributed by atoms with van der Waals surface area (Å²) in [4.78, 5) is 12.6. The van der Waals surface area contributed by atoms with Crippen LogP contribution in [0.15, 0.2) is 18.2 Å². The average Bonchev–Trinajstić information content (AvgIpc) is 2.40. The van der Waals surface area contributed by atoms with Gasteiger partial charge in [-0.25, -0.2) is 9.65 Å². The lowest BCUT2D eigenvalue weighted by Gasteiger charge is -2.31. The normalized spacial score (nSPS) is 15.1. The largest absolute Gasteiger partial charge is 0.371 e. The first-order valence-electron chi connectivity index (χ1n) is 5.89. The van der Waals surface area contributed by atoms with E-state index in [1.165, 1.54) is 12.1 Å². The molecule has 0 aromatic heterocycles. The van der Waals surface area contributed by atoms with Crippen LogP contribution in [0.25, 0.3) is 0 Å². The topological polar surface area (TPSA) is 56.1 Å². The number of hydrogen-bond donors (Lipinski definition) is 1. The number of carbonyl (C=O) groups excluding carboxylic acids is 1. The summed E-state index contributed by atoms with van der Waals surface area (Å²) in [6.45, 7) is 1.60. The minimum atomic E-state index is -0.380. The maximum atomic E-state index is 13.1. The second-order valence-electron chi connectivity index (χ2n) is 4.31. The molecule has 1 saturated heterocycles. The number of anilines is 2. The number of nitrogens with zero attached hydrogens (tertiary/aromatic N) is 2. The highest BCUT2D eigenvalue weighted by atomic mass is 19.1.